The molecular weight excluding hydrogens is 312 g/mol. The van der Waals surface area contributed by atoms with E-state index >= 15 is 0 Å². The van der Waals surface area contributed by atoms with Gasteiger partial charge in [0, 0.05) is 28.2 Å². The Kier molecular flexibility index (Phi) is 3.48. The lowest BCUT2D eigenvalue weighted by atomic mass is 9.97. The first-order chi connectivity index (χ1) is 12.2. The average molecular weight is 326 g/mol. The summed E-state index contributed by atoms with van der Waals surface area (Å²) < 4.78 is 7.13. The van der Waals surface area contributed by atoms with Crippen LogP contribution in [-0.2, 0) is 0 Å². The molecule has 0 aliphatic carbocycles. The molecule has 0 aliphatic rings. The molecule has 0 radical (unpaired) electrons. The van der Waals surface area contributed by atoms with Gasteiger partial charge in [0.25, 0.3) is 0 Å². The Morgan fingerprint density at radius 1 is 1.08 bits per heavy atom. The van der Waals surface area contributed by atoms with E-state index in [0.29, 0.717) is 22.4 Å². The molecule has 2 aromatic heterocycles. The molecule has 0 bridgehead atoms. The summed E-state index contributed by atoms with van der Waals surface area (Å²) in [6.45, 7) is 0. The summed E-state index contributed by atoms with van der Waals surface area (Å²) in [7, 11) is 1.59. The second-order valence-corrected chi connectivity index (χ2v) is 5.77. The van der Waals surface area contributed by atoms with Crippen LogP contribution in [0.5, 0.6) is 5.75 Å². The number of ketones is 1. The van der Waals surface area contributed by atoms with E-state index in [4.69, 9.17) is 4.74 Å². The van der Waals surface area contributed by atoms with Gasteiger partial charge in [-0.25, -0.2) is 0 Å². The number of aromatic nitrogens is 1. The highest BCUT2D eigenvalue weighted by Crippen LogP contribution is 2.26. The molecule has 0 N–H and O–H groups in total. The van der Waals surface area contributed by atoms with E-state index < -0.39 is 0 Å². The Hall–Kier alpha value is -3.58. The maximum absolute atomic E-state index is 13.1. The maximum atomic E-state index is 13.1. The first-order valence-corrected chi connectivity index (χ1v) is 7.84. The molecule has 0 amide bonds. The number of nitrogens with zero attached hydrogens (tertiary/aromatic N) is 2. The maximum Gasteiger partial charge on any atom is 0.195 e. The SMILES string of the molecule is COc1ccc(C(=O)c2cc(C#N)cc3ccc4cccn4c23)cc1. The fourth-order valence-electron chi connectivity index (χ4n) is 3.10. The van der Waals surface area contributed by atoms with E-state index in [1.165, 1.54) is 0 Å². The first kappa shape index (κ1) is 15.0. The van der Waals surface area contributed by atoms with Crippen LogP contribution in [0.25, 0.3) is 16.4 Å². The zero-order valence-electron chi connectivity index (χ0n) is 13.6. The molecule has 4 nitrogen and oxygen atoms in total. The van der Waals surface area contributed by atoms with Crippen molar-refractivity contribution < 1.29 is 9.53 Å². The van der Waals surface area contributed by atoms with Crippen LogP contribution in [0.4, 0.5) is 0 Å². The number of rotatable bonds is 3. The Morgan fingerprint density at radius 3 is 2.60 bits per heavy atom. The summed E-state index contributed by atoms with van der Waals surface area (Å²) in [5.74, 6) is 0.575. The third-order valence-corrected chi connectivity index (χ3v) is 4.32. The zero-order valence-corrected chi connectivity index (χ0v) is 13.6. The Bertz CT molecular complexity index is 1150. The molecule has 2 aromatic carbocycles. The van der Waals surface area contributed by atoms with Crippen molar-refractivity contribution in [2.75, 3.05) is 7.11 Å². The smallest absolute Gasteiger partial charge is 0.195 e. The normalized spacial score (nSPS) is 10.7. The number of methoxy groups -OCH3 is 1. The third-order valence-electron chi connectivity index (χ3n) is 4.32. The van der Waals surface area contributed by atoms with Crippen molar-refractivity contribution in [3.63, 3.8) is 0 Å². The van der Waals surface area contributed by atoms with E-state index in [0.717, 1.165) is 16.4 Å². The Labute approximate surface area is 144 Å². The number of pyridine rings is 1. The second-order valence-electron chi connectivity index (χ2n) is 5.77. The largest absolute Gasteiger partial charge is 0.497 e. The topological polar surface area (TPSA) is 54.5 Å². The summed E-state index contributed by atoms with van der Waals surface area (Å²) in [4.78, 5) is 13.1. The number of carbonyl (C=O) groups excluding carboxylic acids is 1. The second kappa shape index (κ2) is 5.81. The van der Waals surface area contributed by atoms with Crippen LogP contribution in [0.1, 0.15) is 21.5 Å². The van der Waals surface area contributed by atoms with Crippen LogP contribution in [0.3, 0.4) is 0 Å². The molecule has 25 heavy (non-hydrogen) atoms. The van der Waals surface area contributed by atoms with Gasteiger partial charge in [0.15, 0.2) is 5.78 Å². The Balaban J connectivity index is 1.99. The summed E-state index contributed by atoms with van der Waals surface area (Å²) in [6, 6.07) is 20.4. The monoisotopic (exact) mass is 326 g/mol. The van der Waals surface area contributed by atoms with E-state index in [-0.39, 0.29) is 5.78 Å². The number of hydrogen-bond acceptors (Lipinski definition) is 3. The van der Waals surface area contributed by atoms with E-state index in [9.17, 15) is 10.1 Å². The first-order valence-electron chi connectivity index (χ1n) is 7.84. The van der Waals surface area contributed by atoms with Crippen LogP contribution >= 0.6 is 0 Å². The quantitative estimate of drug-likeness (QED) is 0.530. The molecule has 0 saturated heterocycles. The molecule has 2 heterocycles. The van der Waals surface area contributed by atoms with Crippen molar-refractivity contribution >= 4 is 22.2 Å². The number of benzene rings is 2. The highest BCUT2D eigenvalue weighted by Gasteiger charge is 2.16. The highest BCUT2D eigenvalue weighted by molar-refractivity contribution is 6.16. The minimum absolute atomic E-state index is 0.119. The third kappa shape index (κ3) is 2.43. The van der Waals surface area contributed by atoms with Crippen LogP contribution < -0.4 is 4.74 Å². The lowest BCUT2D eigenvalue weighted by Crippen LogP contribution is -2.05. The molecule has 0 unspecified atom stereocenters. The predicted octanol–water partition coefficient (Wildman–Crippen LogP) is 4.20. The highest BCUT2D eigenvalue weighted by atomic mass is 16.5. The zero-order chi connectivity index (χ0) is 17.4. The van der Waals surface area contributed by atoms with Gasteiger partial charge in [-0.15, -0.1) is 0 Å². The number of ether oxygens (including phenoxy) is 1. The van der Waals surface area contributed by atoms with Crippen LogP contribution in [0, 0.1) is 11.3 Å². The molecule has 4 heteroatoms. The van der Waals surface area contributed by atoms with Gasteiger partial charge in [0.1, 0.15) is 5.75 Å². The van der Waals surface area contributed by atoms with Crippen molar-refractivity contribution in [2.45, 2.75) is 0 Å². The molecule has 4 aromatic rings. The number of carbonyl (C=O) groups is 1. The molecule has 0 saturated carbocycles. The summed E-state index contributed by atoms with van der Waals surface area (Å²) in [5.41, 5.74) is 3.35. The summed E-state index contributed by atoms with van der Waals surface area (Å²) >= 11 is 0. The van der Waals surface area contributed by atoms with Crippen molar-refractivity contribution in [2.24, 2.45) is 0 Å². The van der Waals surface area contributed by atoms with Crippen LogP contribution in [0.15, 0.2) is 66.9 Å². The summed E-state index contributed by atoms with van der Waals surface area (Å²) in [5, 5.41) is 10.2. The van der Waals surface area contributed by atoms with Crippen molar-refractivity contribution in [1.29, 1.82) is 5.26 Å². The standard InChI is InChI=1S/C21H14N2O2/c1-25-18-8-5-15(6-9-18)21(24)19-12-14(13-22)11-16-4-7-17-3-2-10-23(17)20(16)19/h2-12H,1H3. The van der Waals surface area contributed by atoms with Gasteiger partial charge in [-0.3, -0.25) is 4.79 Å². The number of nitriles is 1. The molecule has 0 atom stereocenters. The molecule has 0 aliphatic heterocycles. The van der Waals surface area contributed by atoms with Gasteiger partial charge < -0.3 is 9.14 Å². The van der Waals surface area contributed by atoms with Crippen LogP contribution in [-0.4, -0.2) is 17.3 Å². The average Bonchev–Trinajstić information content (AvgIpc) is 3.15. The van der Waals surface area contributed by atoms with E-state index in [1.807, 2.05) is 34.9 Å². The van der Waals surface area contributed by atoms with Gasteiger partial charge in [0.05, 0.1) is 24.3 Å². The van der Waals surface area contributed by atoms with Gasteiger partial charge >= 0.3 is 0 Å². The molecular formula is C21H14N2O2. The molecule has 4 rings (SSSR count). The van der Waals surface area contributed by atoms with Crippen molar-refractivity contribution in [3.05, 3.63) is 83.6 Å². The van der Waals surface area contributed by atoms with Crippen LogP contribution in [0.2, 0.25) is 0 Å². The molecule has 0 fully saturated rings. The van der Waals surface area contributed by atoms with Gasteiger partial charge in [-0.05, 0) is 54.6 Å². The van der Waals surface area contributed by atoms with Gasteiger partial charge in [-0.2, -0.15) is 5.26 Å². The predicted molar refractivity (Wildman–Crippen MR) is 96.0 cm³/mol. The fourth-order valence-corrected chi connectivity index (χ4v) is 3.10. The van der Waals surface area contributed by atoms with Crippen molar-refractivity contribution in [3.8, 4) is 11.8 Å². The van der Waals surface area contributed by atoms with Gasteiger partial charge in [-0.1, -0.05) is 6.07 Å². The van der Waals surface area contributed by atoms with E-state index in [1.54, 1.807) is 43.5 Å². The minimum Gasteiger partial charge on any atom is -0.497 e. The lowest BCUT2D eigenvalue weighted by Gasteiger charge is -2.10. The fraction of sp³-hybridized carbons (Fsp3) is 0.0476. The number of hydrogen-bond donors (Lipinski definition) is 0. The summed E-state index contributed by atoms with van der Waals surface area (Å²) in [6.07, 6.45) is 1.93. The lowest BCUT2D eigenvalue weighted by molar-refractivity contribution is 0.104. The minimum atomic E-state index is -0.119. The molecule has 120 valence electrons. The van der Waals surface area contributed by atoms with E-state index in [2.05, 4.69) is 6.07 Å². The van der Waals surface area contributed by atoms with Gasteiger partial charge in [0.2, 0.25) is 0 Å². The van der Waals surface area contributed by atoms with Crippen molar-refractivity contribution in [1.82, 2.24) is 4.40 Å². The number of fused-ring (bicyclic) bond motifs is 3. The molecule has 0 spiro atoms. The Morgan fingerprint density at radius 2 is 1.88 bits per heavy atom.